The number of hydrogen-bond donors (Lipinski definition) is 0. The van der Waals surface area contributed by atoms with Crippen LogP contribution in [0, 0.1) is 0 Å². The minimum Gasteiger partial charge on any atom is -0.458 e. The Balaban J connectivity index is 1.64. The molecule has 17 heavy (non-hydrogen) atoms. The number of nitrogens with zero attached hydrogens (tertiary/aromatic N) is 1. The standard InChI is InChI=1S/C13H11NO3/c1-2-4-10(5-3-1)8-12-16-9-11(17-12)13-14-6-7-15-13/h1-7,9,12H,8H2. The molecule has 2 heterocycles. The number of aromatic nitrogens is 1. The first-order valence-electron chi connectivity index (χ1n) is 5.38. The predicted molar refractivity (Wildman–Crippen MR) is 60.6 cm³/mol. The van der Waals surface area contributed by atoms with Crippen molar-refractivity contribution in [1.29, 1.82) is 0 Å². The van der Waals surface area contributed by atoms with Gasteiger partial charge in [-0.1, -0.05) is 30.3 Å². The van der Waals surface area contributed by atoms with Crippen LogP contribution in [-0.4, -0.2) is 11.3 Å². The molecule has 0 spiro atoms. The molecule has 0 saturated heterocycles. The van der Waals surface area contributed by atoms with Crippen molar-refractivity contribution in [2.75, 3.05) is 0 Å². The zero-order valence-electron chi connectivity index (χ0n) is 9.08. The van der Waals surface area contributed by atoms with Gasteiger partial charge in [-0.2, -0.15) is 0 Å². The van der Waals surface area contributed by atoms with E-state index in [1.165, 1.54) is 11.8 Å². The van der Waals surface area contributed by atoms with Crippen LogP contribution in [0.15, 0.2) is 53.5 Å². The van der Waals surface area contributed by atoms with Crippen molar-refractivity contribution in [2.24, 2.45) is 0 Å². The molecule has 3 rings (SSSR count). The first-order valence-corrected chi connectivity index (χ1v) is 5.38. The van der Waals surface area contributed by atoms with Gasteiger partial charge in [-0.3, -0.25) is 0 Å². The highest BCUT2D eigenvalue weighted by Crippen LogP contribution is 2.24. The smallest absolute Gasteiger partial charge is 0.265 e. The molecule has 0 aliphatic carbocycles. The Labute approximate surface area is 98.5 Å². The van der Waals surface area contributed by atoms with E-state index in [1.54, 1.807) is 12.5 Å². The molecule has 0 radical (unpaired) electrons. The van der Waals surface area contributed by atoms with Gasteiger partial charge >= 0.3 is 0 Å². The normalized spacial score (nSPS) is 18.4. The van der Waals surface area contributed by atoms with E-state index in [0.717, 1.165) is 0 Å². The van der Waals surface area contributed by atoms with E-state index in [-0.39, 0.29) is 6.29 Å². The van der Waals surface area contributed by atoms with E-state index in [2.05, 4.69) is 4.98 Å². The first-order chi connectivity index (χ1) is 8.42. The number of ether oxygens (including phenoxy) is 2. The van der Waals surface area contributed by atoms with Gasteiger partial charge < -0.3 is 13.9 Å². The summed E-state index contributed by atoms with van der Waals surface area (Å²) in [4.78, 5) is 4.00. The molecule has 1 atom stereocenters. The van der Waals surface area contributed by atoms with Gasteiger partial charge in [-0.25, -0.2) is 4.98 Å². The van der Waals surface area contributed by atoms with Gasteiger partial charge in [0, 0.05) is 6.42 Å². The Morgan fingerprint density at radius 1 is 1.18 bits per heavy atom. The summed E-state index contributed by atoms with van der Waals surface area (Å²) in [6.07, 6.45) is 5.01. The lowest BCUT2D eigenvalue weighted by Crippen LogP contribution is -2.11. The highest BCUT2D eigenvalue weighted by molar-refractivity contribution is 5.50. The van der Waals surface area contributed by atoms with Crippen LogP contribution in [0.5, 0.6) is 0 Å². The maximum atomic E-state index is 5.59. The summed E-state index contributed by atoms with van der Waals surface area (Å²) in [5.74, 6) is 0.983. The van der Waals surface area contributed by atoms with E-state index >= 15 is 0 Å². The Hall–Kier alpha value is -2.23. The maximum absolute atomic E-state index is 5.59. The SMILES string of the molecule is C1=C(c2ncco2)OC(Cc2ccccc2)O1. The van der Waals surface area contributed by atoms with Gasteiger partial charge in [0.2, 0.25) is 12.0 Å². The Bertz CT molecular complexity index is 505. The van der Waals surface area contributed by atoms with Gasteiger partial charge in [0.25, 0.3) is 5.89 Å². The van der Waals surface area contributed by atoms with Crippen LogP contribution in [0.25, 0.3) is 5.76 Å². The number of benzene rings is 1. The number of hydrogen-bond acceptors (Lipinski definition) is 4. The molecule has 4 nitrogen and oxygen atoms in total. The molecule has 86 valence electrons. The van der Waals surface area contributed by atoms with Crippen LogP contribution < -0.4 is 0 Å². The van der Waals surface area contributed by atoms with Crippen molar-refractivity contribution < 1.29 is 13.9 Å². The molecule has 1 aliphatic rings. The van der Waals surface area contributed by atoms with Crippen molar-refractivity contribution in [3.05, 3.63) is 60.5 Å². The molecule has 1 aliphatic heterocycles. The van der Waals surface area contributed by atoms with Gasteiger partial charge in [0.15, 0.2) is 0 Å². The average Bonchev–Trinajstić information content (AvgIpc) is 3.00. The van der Waals surface area contributed by atoms with E-state index in [0.29, 0.717) is 18.1 Å². The lowest BCUT2D eigenvalue weighted by atomic mass is 10.1. The van der Waals surface area contributed by atoms with Crippen LogP contribution in [-0.2, 0) is 15.9 Å². The van der Waals surface area contributed by atoms with E-state index < -0.39 is 0 Å². The third kappa shape index (κ3) is 2.15. The fraction of sp³-hybridized carbons (Fsp3) is 0.154. The summed E-state index contributed by atoms with van der Waals surface area (Å²) in [5, 5.41) is 0. The predicted octanol–water partition coefficient (Wildman–Crippen LogP) is 2.59. The highest BCUT2D eigenvalue weighted by atomic mass is 16.7. The maximum Gasteiger partial charge on any atom is 0.265 e. The molecule has 0 N–H and O–H groups in total. The van der Waals surface area contributed by atoms with Crippen LogP contribution in [0.2, 0.25) is 0 Å². The lowest BCUT2D eigenvalue weighted by Gasteiger charge is -2.10. The van der Waals surface area contributed by atoms with E-state index in [4.69, 9.17) is 13.9 Å². The zero-order chi connectivity index (χ0) is 11.5. The Morgan fingerprint density at radius 3 is 2.82 bits per heavy atom. The summed E-state index contributed by atoms with van der Waals surface area (Å²) in [6.45, 7) is 0. The minimum absolute atomic E-state index is 0.306. The van der Waals surface area contributed by atoms with Crippen LogP contribution >= 0.6 is 0 Å². The zero-order valence-corrected chi connectivity index (χ0v) is 9.08. The third-order valence-electron chi connectivity index (χ3n) is 2.47. The molecular formula is C13H11NO3. The van der Waals surface area contributed by atoms with Crippen LogP contribution in [0.3, 0.4) is 0 Å². The first kappa shape index (κ1) is 9.96. The van der Waals surface area contributed by atoms with Crippen molar-refractivity contribution in [3.8, 4) is 0 Å². The lowest BCUT2D eigenvalue weighted by molar-refractivity contribution is -0.0147. The molecule has 0 amide bonds. The van der Waals surface area contributed by atoms with Crippen molar-refractivity contribution in [2.45, 2.75) is 12.7 Å². The molecule has 2 aromatic rings. The summed E-state index contributed by atoms with van der Waals surface area (Å²) < 4.78 is 16.1. The summed E-state index contributed by atoms with van der Waals surface area (Å²) in [5.41, 5.74) is 1.17. The highest BCUT2D eigenvalue weighted by Gasteiger charge is 2.23. The summed E-state index contributed by atoms with van der Waals surface area (Å²) in [6, 6.07) is 10.0. The molecule has 1 unspecified atom stereocenters. The summed E-state index contributed by atoms with van der Waals surface area (Å²) >= 11 is 0. The minimum atomic E-state index is -0.306. The van der Waals surface area contributed by atoms with Crippen molar-refractivity contribution in [3.63, 3.8) is 0 Å². The van der Waals surface area contributed by atoms with E-state index in [9.17, 15) is 0 Å². The quantitative estimate of drug-likeness (QED) is 0.811. The molecule has 1 aromatic heterocycles. The van der Waals surface area contributed by atoms with Gasteiger partial charge in [0.05, 0.1) is 6.20 Å². The third-order valence-corrected chi connectivity index (χ3v) is 2.47. The second kappa shape index (κ2) is 4.33. The number of oxazole rings is 1. The van der Waals surface area contributed by atoms with Crippen molar-refractivity contribution >= 4 is 5.76 Å². The van der Waals surface area contributed by atoms with Crippen LogP contribution in [0.1, 0.15) is 11.5 Å². The molecule has 1 aromatic carbocycles. The molecule has 4 heteroatoms. The van der Waals surface area contributed by atoms with Crippen molar-refractivity contribution in [1.82, 2.24) is 4.98 Å². The largest absolute Gasteiger partial charge is 0.458 e. The topological polar surface area (TPSA) is 44.5 Å². The summed E-state index contributed by atoms with van der Waals surface area (Å²) in [7, 11) is 0. The Kier molecular flexibility index (Phi) is 2.54. The van der Waals surface area contributed by atoms with E-state index in [1.807, 2.05) is 30.3 Å². The van der Waals surface area contributed by atoms with Gasteiger partial charge in [-0.05, 0) is 5.56 Å². The molecule has 0 bridgehead atoms. The van der Waals surface area contributed by atoms with Crippen LogP contribution in [0.4, 0.5) is 0 Å². The fourth-order valence-electron chi connectivity index (χ4n) is 1.68. The monoisotopic (exact) mass is 229 g/mol. The second-order valence-electron chi connectivity index (χ2n) is 3.69. The van der Waals surface area contributed by atoms with Gasteiger partial charge in [-0.15, -0.1) is 0 Å². The Morgan fingerprint density at radius 2 is 2.06 bits per heavy atom. The molecular weight excluding hydrogens is 218 g/mol. The molecule has 0 saturated carbocycles. The number of rotatable bonds is 3. The van der Waals surface area contributed by atoms with Gasteiger partial charge in [0.1, 0.15) is 12.5 Å². The average molecular weight is 229 g/mol. The fourth-order valence-corrected chi connectivity index (χ4v) is 1.68. The second-order valence-corrected chi connectivity index (χ2v) is 3.69. The molecule has 0 fully saturated rings.